The second kappa shape index (κ2) is 6.64. The lowest BCUT2D eigenvalue weighted by Gasteiger charge is -2.17. The maximum atomic E-state index is 12.0. The Morgan fingerprint density at radius 3 is 2.50 bits per heavy atom. The van der Waals surface area contributed by atoms with Gasteiger partial charge in [0.1, 0.15) is 5.69 Å². The molecule has 24 heavy (non-hydrogen) atoms. The van der Waals surface area contributed by atoms with Crippen LogP contribution < -0.4 is 16.8 Å². The Balaban J connectivity index is 2.57. The quantitative estimate of drug-likeness (QED) is 0.712. The highest BCUT2D eigenvalue weighted by molar-refractivity contribution is 7.94. The van der Waals surface area contributed by atoms with E-state index < -0.39 is 9.84 Å². The molecule has 1 aliphatic carbocycles. The fourth-order valence-corrected chi connectivity index (χ4v) is 3.30. The minimum absolute atomic E-state index is 0.0812. The van der Waals surface area contributed by atoms with Crippen molar-refractivity contribution < 1.29 is 8.42 Å². The molecule has 8 heteroatoms. The van der Waals surface area contributed by atoms with E-state index in [9.17, 15) is 8.42 Å². The summed E-state index contributed by atoms with van der Waals surface area (Å²) in [4.78, 5) is 8.16. The molecule has 0 saturated carbocycles. The van der Waals surface area contributed by atoms with Gasteiger partial charge in [-0.3, -0.25) is 0 Å². The molecule has 0 spiro atoms. The summed E-state index contributed by atoms with van der Waals surface area (Å²) in [5, 5.41) is 3.16. The summed E-state index contributed by atoms with van der Waals surface area (Å²) in [5.41, 5.74) is 14.5. The van der Waals surface area contributed by atoms with Crippen LogP contribution in [0.5, 0.6) is 0 Å². The van der Waals surface area contributed by atoms with Crippen molar-refractivity contribution in [2.45, 2.75) is 26.7 Å². The number of nitrogens with two attached hydrogens (primary N) is 2. The van der Waals surface area contributed by atoms with Crippen LogP contribution in [0.1, 0.15) is 26.7 Å². The maximum Gasteiger partial charge on any atom is 0.222 e. The summed E-state index contributed by atoms with van der Waals surface area (Å²) in [6.45, 7) is 8.10. The monoisotopic (exact) mass is 349 g/mol. The zero-order valence-electron chi connectivity index (χ0n) is 14.1. The molecular weight excluding hydrogens is 326 g/mol. The van der Waals surface area contributed by atoms with Crippen molar-refractivity contribution in [2.75, 3.05) is 23.0 Å². The molecule has 1 aliphatic rings. The van der Waals surface area contributed by atoms with Crippen molar-refractivity contribution in [3.8, 4) is 0 Å². The van der Waals surface area contributed by atoms with E-state index in [0.29, 0.717) is 29.1 Å². The molecule has 0 atom stereocenters. The third-order valence-electron chi connectivity index (χ3n) is 3.80. The van der Waals surface area contributed by atoms with Crippen LogP contribution in [-0.2, 0) is 9.84 Å². The minimum Gasteiger partial charge on any atom is -0.382 e. The molecule has 1 aromatic heterocycles. The summed E-state index contributed by atoms with van der Waals surface area (Å²) in [7, 11) is -3.33. The highest BCUT2D eigenvalue weighted by Gasteiger charge is 2.22. The Morgan fingerprint density at radius 1 is 1.29 bits per heavy atom. The highest BCUT2D eigenvalue weighted by atomic mass is 32.2. The molecule has 1 aromatic rings. The summed E-state index contributed by atoms with van der Waals surface area (Å²) >= 11 is 0. The number of hydrogen-bond donors (Lipinski definition) is 3. The number of hydrogen-bond acceptors (Lipinski definition) is 7. The van der Waals surface area contributed by atoms with Gasteiger partial charge in [-0.15, -0.1) is 0 Å². The highest BCUT2D eigenvalue weighted by Crippen LogP contribution is 2.33. The first-order valence-electron chi connectivity index (χ1n) is 7.53. The van der Waals surface area contributed by atoms with Crippen molar-refractivity contribution in [3.05, 3.63) is 40.6 Å². The van der Waals surface area contributed by atoms with Gasteiger partial charge in [-0.2, -0.15) is 4.98 Å². The number of sulfone groups is 1. The van der Waals surface area contributed by atoms with E-state index in [4.69, 9.17) is 11.5 Å². The zero-order chi connectivity index (χ0) is 18.1. The summed E-state index contributed by atoms with van der Waals surface area (Å²) in [6, 6.07) is 0. The zero-order valence-corrected chi connectivity index (χ0v) is 14.9. The van der Waals surface area contributed by atoms with Gasteiger partial charge in [-0.05, 0) is 24.0 Å². The predicted molar refractivity (Wildman–Crippen MR) is 97.6 cm³/mol. The number of allylic oxidation sites excluding steroid dienone is 4. The predicted octanol–water partition coefficient (Wildman–Crippen LogP) is 2.24. The Bertz CT molecular complexity index is 838. The second-order valence-corrected chi connectivity index (χ2v) is 8.30. The number of anilines is 3. The van der Waals surface area contributed by atoms with E-state index in [-0.39, 0.29) is 17.7 Å². The first kappa shape index (κ1) is 18.0. The molecule has 0 bridgehead atoms. The van der Waals surface area contributed by atoms with Crippen LogP contribution in [0, 0.1) is 5.92 Å². The van der Waals surface area contributed by atoms with Gasteiger partial charge in [0.25, 0.3) is 0 Å². The Labute approximate surface area is 142 Å². The molecule has 0 unspecified atom stereocenters. The summed E-state index contributed by atoms with van der Waals surface area (Å²) in [5.74, 6) is 0.489. The molecule has 0 saturated heterocycles. The minimum atomic E-state index is -3.33. The number of nitrogens with zero attached hydrogens (tertiary/aromatic N) is 2. The average molecular weight is 349 g/mol. The fraction of sp³-hybridized carbons (Fsp3) is 0.375. The molecular formula is C16H23N5O2S. The SMILES string of the molecule is C=C1CC(S(C)(=O)=O)=CC(Nc2cnc(N)nc2N)=C(C(C)C)C1. The van der Waals surface area contributed by atoms with E-state index >= 15 is 0 Å². The topological polar surface area (TPSA) is 124 Å². The van der Waals surface area contributed by atoms with Crippen LogP contribution in [-0.4, -0.2) is 24.6 Å². The standard InChI is InChI=1S/C16H23N5O2S/c1-9(2)12-6-10(3)5-11(24(4,22)23)7-13(12)20-14-8-19-16(18)21-15(14)17/h7-9,20H,3,5-6H2,1-2,4H3,(H4,17,18,19,21). The van der Waals surface area contributed by atoms with Crippen LogP contribution >= 0.6 is 0 Å². The van der Waals surface area contributed by atoms with Gasteiger partial charge in [0.05, 0.1) is 11.1 Å². The average Bonchev–Trinajstić information content (AvgIpc) is 2.61. The Kier molecular flexibility index (Phi) is 4.98. The number of aromatic nitrogens is 2. The number of nitrogens with one attached hydrogen (secondary N) is 1. The van der Waals surface area contributed by atoms with E-state index in [2.05, 4.69) is 21.9 Å². The van der Waals surface area contributed by atoms with E-state index in [0.717, 1.165) is 11.1 Å². The van der Waals surface area contributed by atoms with E-state index in [1.165, 1.54) is 12.5 Å². The summed E-state index contributed by atoms with van der Waals surface area (Å²) < 4.78 is 24.1. The van der Waals surface area contributed by atoms with Gasteiger partial charge in [0.15, 0.2) is 15.7 Å². The third kappa shape index (κ3) is 4.14. The van der Waals surface area contributed by atoms with Crippen molar-refractivity contribution in [3.63, 3.8) is 0 Å². The van der Waals surface area contributed by atoms with Crippen LogP contribution in [0.25, 0.3) is 0 Å². The first-order chi connectivity index (χ1) is 11.1. The molecule has 0 aromatic carbocycles. The van der Waals surface area contributed by atoms with E-state index in [1.54, 1.807) is 6.08 Å². The molecule has 7 nitrogen and oxygen atoms in total. The smallest absolute Gasteiger partial charge is 0.222 e. The van der Waals surface area contributed by atoms with Crippen LogP contribution in [0.4, 0.5) is 17.5 Å². The van der Waals surface area contributed by atoms with Gasteiger partial charge >= 0.3 is 0 Å². The van der Waals surface area contributed by atoms with Gasteiger partial charge < -0.3 is 16.8 Å². The van der Waals surface area contributed by atoms with Gasteiger partial charge in [0, 0.05) is 18.4 Å². The Hall–Kier alpha value is -2.35. The van der Waals surface area contributed by atoms with Crippen LogP contribution in [0.15, 0.2) is 40.6 Å². The number of rotatable bonds is 4. The van der Waals surface area contributed by atoms with Crippen LogP contribution in [0.3, 0.4) is 0 Å². The normalized spacial score (nSPS) is 16.2. The van der Waals surface area contributed by atoms with E-state index in [1.807, 2.05) is 13.8 Å². The first-order valence-corrected chi connectivity index (χ1v) is 9.42. The molecule has 0 radical (unpaired) electrons. The molecule has 0 aliphatic heterocycles. The fourth-order valence-electron chi connectivity index (χ4n) is 2.50. The molecule has 5 N–H and O–H groups in total. The van der Waals surface area contributed by atoms with Crippen molar-refractivity contribution in [2.24, 2.45) is 5.92 Å². The second-order valence-electron chi connectivity index (χ2n) is 6.23. The Morgan fingerprint density at radius 2 is 1.96 bits per heavy atom. The van der Waals surface area contributed by atoms with Crippen molar-refractivity contribution in [1.29, 1.82) is 0 Å². The maximum absolute atomic E-state index is 12.0. The van der Waals surface area contributed by atoms with Gasteiger partial charge in [-0.25, -0.2) is 13.4 Å². The summed E-state index contributed by atoms with van der Waals surface area (Å²) in [6.07, 6.45) is 5.28. The van der Waals surface area contributed by atoms with Gasteiger partial charge in [-0.1, -0.05) is 26.0 Å². The largest absolute Gasteiger partial charge is 0.382 e. The molecule has 2 rings (SSSR count). The molecule has 1 heterocycles. The lowest BCUT2D eigenvalue weighted by atomic mass is 9.95. The lowest BCUT2D eigenvalue weighted by Crippen LogP contribution is -2.10. The van der Waals surface area contributed by atoms with Crippen LogP contribution in [0.2, 0.25) is 0 Å². The third-order valence-corrected chi connectivity index (χ3v) is 5.01. The van der Waals surface area contributed by atoms with Crippen molar-refractivity contribution in [1.82, 2.24) is 9.97 Å². The molecule has 0 amide bonds. The molecule has 130 valence electrons. The lowest BCUT2D eigenvalue weighted by molar-refractivity contribution is 0.606. The van der Waals surface area contributed by atoms with Crippen molar-refractivity contribution >= 4 is 27.3 Å². The molecule has 0 fully saturated rings. The van der Waals surface area contributed by atoms with Gasteiger partial charge in [0.2, 0.25) is 5.95 Å². The number of nitrogen functional groups attached to an aromatic ring is 2.